The van der Waals surface area contributed by atoms with Crippen LogP contribution < -0.4 is 4.74 Å². The molecule has 0 fully saturated rings. The fourth-order valence-electron chi connectivity index (χ4n) is 3.27. The maximum atomic E-state index is 13.3. The van der Waals surface area contributed by atoms with Crippen LogP contribution >= 0.6 is 15.9 Å². The van der Waals surface area contributed by atoms with E-state index in [4.69, 9.17) is 9.16 Å². The lowest BCUT2D eigenvalue weighted by atomic mass is 10.2. The van der Waals surface area contributed by atoms with Gasteiger partial charge in [-0.25, -0.2) is 0 Å². The highest BCUT2D eigenvalue weighted by Gasteiger charge is 2.38. The molecule has 1 aromatic carbocycles. The van der Waals surface area contributed by atoms with Crippen molar-refractivity contribution in [3.8, 4) is 5.75 Å². The Bertz CT molecular complexity index is 890. The van der Waals surface area contributed by atoms with Crippen molar-refractivity contribution in [1.29, 1.82) is 0 Å². The molecule has 1 aromatic heterocycles. The van der Waals surface area contributed by atoms with Gasteiger partial charge in [0.05, 0.1) is 19.8 Å². The molecule has 0 radical (unpaired) electrons. The number of halogens is 1. The summed E-state index contributed by atoms with van der Waals surface area (Å²) in [6.45, 7) is 13.0. The van der Waals surface area contributed by atoms with Crippen LogP contribution in [0.25, 0.3) is 0 Å². The van der Waals surface area contributed by atoms with Crippen LogP contribution in [0.4, 0.5) is 0 Å². The molecule has 1 unspecified atom stereocenters. The molecule has 2 heterocycles. The van der Waals surface area contributed by atoms with E-state index in [-0.39, 0.29) is 17.0 Å². The Morgan fingerprint density at radius 1 is 1.23 bits per heavy atom. The molecule has 6 nitrogen and oxygen atoms in total. The van der Waals surface area contributed by atoms with Gasteiger partial charge in [0, 0.05) is 19.2 Å². The van der Waals surface area contributed by atoms with Crippen LogP contribution in [0.15, 0.2) is 34.9 Å². The molecule has 0 saturated heterocycles. The van der Waals surface area contributed by atoms with Gasteiger partial charge >= 0.3 is 0 Å². The lowest BCUT2D eigenvalue weighted by Crippen LogP contribution is -2.42. The fraction of sp³-hybridized carbons (Fsp3) is 0.545. The van der Waals surface area contributed by atoms with E-state index in [2.05, 4.69) is 54.9 Å². The zero-order chi connectivity index (χ0) is 22.1. The van der Waals surface area contributed by atoms with Gasteiger partial charge in [0.1, 0.15) is 16.0 Å². The number of carbonyl (C=O) groups is 1. The first kappa shape index (κ1) is 23.0. The quantitative estimate of drug-likeness (QED) is 0.514. The molecule has 0 bridgehead atoms. The van der Waals surface area contributed by atoms with Crippen molar-refractivity contribution in [2.75, 3.05) is 20.3 Å². The van der Waals surface area contributed by atoms with E-state index in [1.807, 2.05) is 39.9 Å². The molecule has 1 amide bonds. The van der Waals surface area contributed by atoms with E-state index < -0.39 is 8.32 Å². The molecule has 164 valence electrons. The number of carbonyl (C=O) groups excluding carboxylic acids is 1. The summed E-state index contributed by atoms with van der Waals surface area (Å²) in [7, 11) is -0.236. The standard InChI is InChI=1S/C22H32BrN3O3Si/c1-22(2,3)30(5,6)29-15-17-11-12-25(14-16-7-9-18(28-4)10-8-16)21(27)19-13-20(23)24-26(17)19/h7-10,13,17H,11-12,14-15H2,1-6H3. The number of methoxy groups -OCH3 is 1. The summed E-state index contributed by atoms with van der Waals surface area (Å²) >= 11 is 3.45. The number of amides is 1. The van der Waals surface area contributed by atoms with Crippen molar-refractivity contribution in [3.63, 3.8) is 0 Å². The van der Waals surface area contributed by atoms with Crippen LogP contribution in [0.3, 0.4) is 0 Å². The van der Waals surface area contributed by atoms with E-state index in [1.165, 1.54) is 0 Å². The largest absolute Gasteiger partial charge is 0.497 e. The molecule has 8 heteroatoms. The average Bonchev–Trinajstić information content (AvgIpc) is 3.02. The Morgan fingerprint density at radius 2 is 1.90 bits per heavy atom. The van der Waals surface area contributed by atoms with Gasteiger partial charge in [-0.15, -0.1) is 0 Å². The molecule has 0 spiro atoms. The van der Waals surface area contributed by atoms with Gasteiger partial charge in [-0.2, -0.15) is 5.10 Å². The molecule has 1 atom stereocenters. The van der Waals surface area contributed by atoms with Crippen LogP contribution in [-0.2, 0) is 11.0 Å². The van der Waals surface area contributed by atoms with Crippen molar-refractivity contribution in [3.05, 3.63) is 46.2 Å². The van der Waals surface area contributed by atoms with Crippen LogP contribution in [-0.4, -0.2) is 49.2 Å². The summed E-state index contributed by atoms with van der Waals surface area (Å²) in [6.07, 6.45) is 0.803. The minimum atomic E-state index is -1.89. The number of nitrogens with zero attached hydrogens (tertiary/aromatic N) is 3. The second kappa shape index (κ2) is 8.84. The summed E-state index contributed by atoms with van der Waals surface area (Å²) in [5, 5.41) is 4.72. The molecule has 0 aliphatic carbocycles. The predicted octanol–water partition coefficient (Wildman–Crippen LogP) is 5.26. The van der Waals surface area contributed by atoms with Crippen molar-refractivity contribution in [1.82, 2.24) is 14.7 Å². The maximum absolute atomic E-state index is 13.3. The van der Waals surface area contributed by atoms with Crippen LogP contribution in [0.2, 0.25) is 18.1 Å². The first-order valence-electron chi connectivity index (χ1n) is 10.3. The number of hydrogen-bond acceptors (Lipinski definition) is 4. The Morgan fingerprint density at radius 3 is 2.50 bits per heavy atom. The zero-order valence-corrected chi connectivity index (χ0v) is 21.3. The van der Waals surface area contributed by atoms with Gasteiger partial charge in [0.25, 0.3) is 5.91 Å². The lowest BCUT2D eigenvalue weighted by Gasteiger charge is -2.37. The van der Waals surface area contributed by atoms with Gasteiger partial charge in [0.2, 0.25) is 0 Å². The number of aromatic nitrogens is 2. The summed E-state index contributed by atoms with van der Waals surface area (Å²) in [6, 6.07) is 9.70. The first-order valence-corrected chi connectivity index (χ1v) is 14.0. The highest BCUT2D eigenvalue weighted by atomic mass is 79.9. The van der Waals surface area contributed by atoms with E-state index in [9.17, 15) is 4.79 Å². The van der Waals surface area contributed by atoms with Crippen molar-refractivity contribution < 1.29 is 14.0 Å². The Balaban J connectivity index is 1.79. The molecular formula is C22H32BrN3O3Si. The zero-order valence-electron chi connectivity index (χ0n) is 18.7. The highest BCUT2D eigenvalue weighted by molar-refractivity contribution is 9.10. The predicted molar refractivity (Wildman–Crippen MR) is 124 cm³/mol. The second-order valence-corrected chi connectivity index (χ2v) is 15.0. The average molecular weight is 495 g/mol. The maximum Gasteiger partial charge on any atom is 0.272 e. The molecular weight excluding hydrogens is 462 g/mol. The minimum absolute atomic E-state index is 0.00107. The molecule has 1 aliphatic rings. The smallest absolute Gasteiger partial charge is 0.272 e. The highest BCUT2D eigenvalue weighted by Crippen LogP contribution is 2.37. The fourth-order valence-corrected chi connectivity index (χ4v) is 4.70. The van der Waals surface area contributed by atoms with Gasteiger partial charge in [0.15, 0.2) is 8.32 Å². The van der Waals surface area contributed by atoms with Crippen LogP contribution in [0.1, 0.15) is 49.3 Å². The van der Waals surface area contributed by atoms with E-state index in [0.717, 1.165) is 17.7 Å². The third-order valence-electron chi connectivity index (χ3n) is 6.27. The van der Waals surface area contributed by atoms with E-state index in [0.29, 0.717) is 30.0 Å². The van der Waals surface area contributed by atoms with Gasteiger partial charge in [-0.05, 0) is 58.2 Å². The van der Waals surface area contributed by atoms with Gasteiger partial charge < -0.3 is 14.1 Å². The second-order valence-electron chi connectivity index (χ2n) is 9.39. The van der Waals surface area contributed by atoms with Crippen LogP contribution in [0.5, 0.6) is 5.75 Å². The molecule has 1 aliphatic heterocycles. The number of ether oxygens (including phenoxy) is 1. The molecule has 30 heavy (non-hydrogen) atoms. The molecule has 3 rings (SSSR count). The monoisotopic (exact) mass is 493 g/mol. The third-order valence-corrected chi connectivity index (χ3v) is 11.2. The van der Waals surface area contributed by atoms with Gasteiger partial charge in [-0.1, -0.05) is 32.9 Å². The Kier molecular flexibility index (Phi) is 6.79. The molecule has 0 N–H and O–H groups in total. The Hall–Kier alpha value is -1.64. The topological polar surface area (TPSA) is 56.6 Å². The summed E-state index contributed by atoms with van der Waals surface area (Å²) in [5.74, 6) is 0.810. The SMILES string of the molecule is COc1ccc(CN2CCC(CO[Si](C)(C)C(C)(C)C)n3nc(Br)cc3C2=O)cc1. The molecule has 2 aromatic rings. The van der Waals surface area contributed by atoms with Gasteiger partial charge in [-0.3, -0.25) is 9.48 Å². The van der Waals surface area contributed by atoms with Crippen molar-refractivity contribution in [2.24, 2.45) is 0 Å². The number of benzene rings is 1. The number of rotatable bonds is 6. The minimum Gasteiger partial charge on any atom is -0.497 e. The van der Waals surface area contributed by atoms with Crippen LogP contribution in [0, 0.1) is 0 Å². The third kappa shape index (κ3) is 4.98. The van der Waals surface area contributed by atoms with Crippen molar-refractivity contribution in [2.45, 2.75) is 57.9 Å². The number of hydrogen-bond donors (Lipinski definition) is 0. The summed E-state index contributed by atoms with van der Waals surface area (Å²) in [4.78, 5) is 15.2. The van der Waals surface area contributed by atoms with E-state index in [1.54, 1.807) is 7.11 Å². The van der Waals surface area contributed by atoms with E-state index >= 15 is 0 Å². The van der Waals surface area contributed by atoms with Crippen molar-refractivity contribution >= 4 is 30.2 Å². The lowest BCUT2D eigenvalue weighted by molar-refractivity contribution is 0.0744. The Labute approximate surface area is 188 Å². The first-order chi connectivity index (χ1) is 14.0. The number of fused-ring (bicyclic) bond motifs is 1. The summed E-state index contributed by atoms with van der Waals surface area (Å²) in [5.41, 5.74) is 1.68. The normalized spacial score (nSPS) is 17.6. The molecule has 0 saturated carbocycles. The summed E-state index contributed by atoms with van der Waals surface area (Å²) < 4.78 is 14.3.